The maximum atomic E-state index is 12.2. The number of amides is 1. The highest BCUT2D eigenvalue weighted by Crippen LogP contribution is 2.38. The van der Waals surface area contributed by atoms with E-state index in [0.29, 0.717) is 28.3 Å². The monoisotopic (exact) mass is 508 g/mol. The first-order chi connectivity index (χ1) is 17.1. The molecule has 180 valence electrons. The molecule has 0 atom stereocenters. The lowest BCUT2D eigenvalue weighted by Crippen LogP contribution is -2.52. The van der Waals surface area contributed by atoms with Crippen LogP contribution in [0.3, 0.4) is 0 Å². The van der Waals surface area contributed by atoms with E-state index >= 15 is 0 Å². The zero-order valence-electron chi connectivity index (χ0n) is 19.3. The Labute approximate surface area is 211 Å². The standard InChI is InChI=1S/C24H25ClN8OS/c1-2-16-19(25)18-21(30-16)31-24(35-15-8-17-20(28-10-15)27-7-6-26-17)32-22(18)33-11-13(12-33)9-29-23(34)14-4-3-5-14/h6-8,10,13-14H,2-5,9,11-12H2,1H3,(H,29,34)(H,30,31,32). The Morgan fingerprint density at radius 3 is 2.83 bits per heavy atom. The van der Waals surface area contributed by atoms with Gasteiger partial charge in [0.05, 0.1) is 10.4 Å². The smallest absolute Gasteiger partial charge is 0.223 e. The molecule has 9 nitrogen and oxygen atoms in total. The number of H-pyrrole nitrogens is 1. The highest BCUT2D eigenvalue weighted by Gasteiger charge is 2.33. The van der Waals surface area contributed by atoms with Gasteiger partial charge in [0.1, 0.15) is 17.0 Å². The van der Waals surface area contributed by atoms with Crippen molar-refractivity contribution < 1.29 is 4.79 Å². The number of nitrogens with one attached hydrogen (secondary N) is 2. The van der Waals surface area contributed by atoms with E-state index in [2.05, 4.69) is 37.1 Å². The van der Waals surface area contributed by atoms with Gasteiger partial charge in [-0.2, -0.15) is 0 Å². The number of aromatic amines is 1. The second kappa shape index (κ2) is 9.23. The van der Waals surface area contributed by atoms with Crippen molar-refractivity contribution in [3.63, 3.8) is 0 Å². The molecular weight excluding hydrogens is 484 g/mol. The second-order valence-corrected chi connectivity index (χ2v) is 10.6. The summed E-state index contributed by atoms with van der Waals surface area (Å²) in [7, 11) is 0. The van der Waals surface area contributed by atoms with Crippen molar-refractivity contribution in [1.82, 2.24) is 35.2 Å². The number of fused-ring (bicyclic) bond motifs is 2. The molecule has 0 radical (unpaired) electrons. The largest absolute Gasteiger partial charge is 0.355 e. The molecule has 6 rings (SSSR count). The molecule has 0 spiro atoms. The lowest BCUT2D eigenvalue weighted by molar-refractivity contribution is -0.127. The zero-order chi connectivity index (χ0) is 23.9. The Morgan fingerprint density at radius 1 is 1.23 bits per heavy atom. The van der Waals surface area contributed by atoms with Crippen LogP contribution in [0.2, 0.25) is 5.02 Å². The molecule has 5 heterocycles. The minimum atomic E-state index is 0.202. The van der Waals surface area contributed by atoms with Gasteiger partial charge >= 0.3 is 0 Å². The zero-order valence-corrected chi connectivity index (χ0v) is 20.9. The third kappa shape index (κ3) is 4.29. The Kier molecular flexibility index (Phi) is 5.93. The predicted molar refractivity (Wildman–Crippen MR) is 136 cm³/mol. The molecule has 0 unspecified atom stereocenters. The van der Waals surface area contributed by atoms with Gasteiger partial charge in [-0.05, 0) is 37.1 Å². The first-order valence-corrected chi connectivity index (χ1v) is 13.1. The highest BCUT2D eigenvalue weighted by atomic mass is 35.5. The lowest BCUT2D eigenvalue weighted by atomic mass is 9.84. The van der Waals surface area contributed by atoms with Gasteiger partial charge in [0.15, 0.2) is 10.8 Å². The Balaban J connectivity index is 1.24. The molecule has 1 amide bonds. The minimum Gasteiger partial charge on any atom is -0.355 e. The number of nitrogens with zero attached hydrogens (tertiary/aromatic N) is 6. The van der Waals surface area contributed by atoms with Crippen molar-refractivity contribution in [2.75, 3.05) is 24.5 Å². The van der Waals surface area contributed by atoms with Crippen LogP contribution in [0.25, 0.3) is 22.2 Å². The van der Waals surface area contributed by atoms with E-state index in [0.717, 1.165) is 65.3 Å². The number of halogens is 1. The lowest BCUT2D eigenvalue weighted by Gasteiger charge is -2.41. The number of anilines is 1. The molecule has 2 fully saturated rings. The van der Waals surface area contributed by atoms with Crippen molar-refractivity contribution in [3.05, 3.63) is 35.4 Å². The summed E-state index contributed by atoms with van der Waals surface area (Å²) in [5, 5.41) is 5.27. The van der Waals surface area contributed by atoms with Crippen LogP contribution >= 0.6 is 23.4 Å². The molecular formula is C24H25ClN8OS. The Hall–Kier alpha value is -2.98. The molecule has 1 aliphatic carbocycles. The third-order valence-electron chi connectivity index (χ3n) is 6.78. The fraction of sp³-hybridized carbons (Fsp3) is 0.417. The molecule has 4 aromatic heterocycles. The number of carbonyl (C=O) groups excluding carboxylic acids is 1. The van der Waals surface area contributed by atoms with Crippen LogP contribution in [0, 0.1) is 11.8 Å². The van der Waals surface area contributed by atoms with Crippen LogP contribution in [0.5, 0.6) is 0 Å². The molecule has 11 heteroatoms. The quantitative estimate of drug-likeness (QED) is 0.360. The maximum Gasteiger partial charge on any atom is 0.223 e. The van der Waals surface area contributed by atoms with E-state index in [1.165, 1.54) is 18.2 Å². The van der Waals surface area contributed by atoms with Crippen LogP contribution in [-0.4, -0.2) is 55.4 Å². The first kappa shape index (κ1) is 22.5. The molecule has 1 saturated carbocycles. The van der Waals surface area contributed by atoms with E-state index in [4.69, 9.17) is 21.6 Å². The topological polar surface area (TPSA) is 113 Å². The van der Waals surface area contributed by atoms with E-state index < -0.39 is 0 Å². The first-order valence-electron chi connectivity index (χ1n) is 11.9. The normalized spacial score (nSPS) is 16.5. The van der Waals surface area contributed by atoms with Gasteiger partial charge in [-0.25, -0.2) is 19.9 Å². The molecule has 1 aliphatic heterocycles. The Morgan fingerprint density at radius 2 is 2.06 bits per heavy atom. The van der Waals surface area contributed by atoms with Crippen molar-refractivity contribution >= 4 is 57.3 Å². The number of pyridine rings is 1. The summed E-state index contributed by atoms with van der Waals surface area (Å²) in [6, 6.07) is 1.94. The van der Waals surface area contributed by atoms with E-state index in [-0.39, 0.29) is 11.8 Å². The average molecular weight is 509 g/mol. The number of rotatable bonds is 7. The fourth-order valence-corrected chi connectivity index (χ4v) is 5.63. The number of carbonyl (C=O) groups is 1. The van der Waals surface area contributed by atoms with Gasteiger partial charge in [0, 0.05) is 60.7 Å². The van der Waals surface area contributed by atoms with Crippen LogP contribution in [0.15, 0.2) is 34.7 Å². The summed E-state index contributed by atoms with van der Waals surface area (Å²) in [4.78, 5) is 41.3. The highest BCUT2D eigenvalue weighted by molar-refractivity contribution is 7.99. The van der Waals surface area contributed by atoms with E-state index in [1.54, 1.807) is 18.6 Å². The maximum absolute atomic E-state index is 12.2. The van der Waals surface area contributed by atoms with Crippen LogP contribution in [0.1, 0.15) is 31.9 Å². The summed E-state index contributed by atoms with van der Waals surface area (Å²) in [5.41, 5.74) is 3.01. The summed E-state index contributed by atoms with van der Waals surface area (Å²) in [5.74, 6) is 1.64. The summed E-state index contributed by atoms with van der Waals surface area (Å²) >= 11 is 8.17. The summed E-state index contributed by atoms with van der Waals surface area (Å²) in [6.45, 7) is 4.40. The van der Waals surface area contributed by atoms with Crippen molar-refractivity contribution in [2.45, 2.75) is 42.7 Å². The van der Waals surface area contributed by atoms with E-state index in [1.807, 2.05) is 6.07 Å². The van der Waals surface area contributed by atoms with Crippen molar-refractivity contribution in [3.8, 4) is 0 Å². The van der Waals surface area contributed by atoms with Gasteiger partial charge < -0.3 is 15.2 Å². The van der Waals surface area contributed by atoms with Gasteiger partial charge in [-0.1, -0.05) is 24.9 Å². The molecule has 1 saturated heterocycles. The van der Waals surface area contributed by atoms with Gasteiger partial charge in [0.25, 0.3) is 0 Å². The average Bonchev–Trinajstić information content (AvgIpc) is 3.12. The Bertz CT molecular complexity index is 1420. The molecule has 2 aliphatic rings. The van der Waals surface area contributed by atoms with E-state index in [9.17, 15) is 4.79 Å². The molecule has 0 bridgehead atoms. The number of aromatic nitrogens is 6. The number of hydrogen-bond acceptors (Lipinski definition) is 8. The summed E-state index contributed by atoms with van der Waals surface area (Å²) in [6.07, 6.45) is 9.03. The molecule has 35 heavy (non-hydrogen) atoms. The second-order valence-electron chi connectivity index (χ2n) is 9.14. The molecule has 0 aromatic carbocycles. The van der Waals surface area contributed by atoms with Gasteiger partial charge in [-0.3, -0.25) is 9.78 Å². The fourth-order valence-electron chi connectivity index (χ4n) is 4.52. The van der Waals surface area contributed by atoms with Crippen LogP contribution < -0.4 is 10.2 Å². The predicted octanol–water partition coefficient (Wildman–Crippen LogP) is 4.02. The van der Waals surface area contributed by atoms with Crippen LogP contribution in [0.4, 0.5) is 5.82 Å². The van der Waals surface area contributed by atoms with Crippen LogP contribution in [-0.2, 0) is 11.2 Å². The van der Waals surface area contributed by atoms with Gasteiger partial charge in [-0.15, -0.1) is 0 Å². The summed E-state index contributed by atoms with van der Waals surface area (Å²) < 4.78 is 0. The van der Waals surface area contributed by atoms with Crippen molar-refractivity contribution in [1.29, 1.82) is 0 Å². The SMILES string of the molecule is CCc1[nH]c2nc(Sc3cnc4nccnc4c3)nc(N3CC(CNC(=O)C4CCC4)C3)c2c1Cl. The number of aryl methyl sites for hydroxylation is 1. The van der Waals surface area contributed by atoms with Crippen molar-refractivity contribution in [2.24, 2.45) is 11.8 Å². The third-order valence-corrected chi connectivity index (χ3v) is 8.02. The molecule has 4 aromatic rings. The minimum absolute atomic E-state index is 0.202. The molecule has 2 N–H and O–H groups in total. The number of hydrogen-bond donors (Lipinski definition) is 2. The van der Waals surface area contributed by atoms with Gasteiger partial charge in [0.2, 0.25) is 5.91 Å².